The summed E-state index contributed by atoms with van der Waals surface area (Å²) >= 11 is 1.26. The van der Waals surface area contributed by atoms with Crippen molar-refractivity contribution in [3.8, 4) is 0 Å². The van der Waals surface area contributed by atoms with Crippen LogP contribution in [0.4, 0.5) is 5.69 Å². The van der Waals surface area contributed by atoms with E-state index in [1.807, 2.05) is 0 Å². The van der Waals surface area contributed by atoms with Gasteiger partial charge in [-0.2, -0.15) is 4.31 Å². The fourth-order valence-corrected chi connectivity index (χ4v) is 5.08. The first-order chi connectivity index (χ1) is 13.4. The van der Waals surface area contributed by atoms with Crippen LogP contribution < -0.4 is 5.32 Å². The summed E-state index contributed by atoms with van der Waals surface area (Å²) in [4.78, 5) is 12.4. The second-order valence-corrected chi connectivity index (χ2v) is 9.89. The van der Waals surface area contributed by atoms with Gasteiger partial charge in [-0.1, -0.05) is 25.6 Å². The summed E-state index contributed by atoms with van der Waals surface area (Å²) in [7, 11) is -3.45. The molecule has 0 atom stereocenters. The molecule has 1 amide bonds. The van der Waals surface area contributed by atoms with Gasteiger partial charge in [0.2, 0.25) is 21.1 Å². The Balaban J connectivity index is 1.55. The number of carbonyl (C=O) groups is 1. The summed E-state index contributed by atoms with van der Waals surface area (Å²) in [5, 5.41) is 14.9. The van der Waals surface area contributed by atoms with E-state index in [9.17, 15) is 13.2 Å². The number of amides is 1. The van der Waals surface area contributed by atoms with Crippen LogP contribution in [0.15, 0.2) is 34.3 Å². The molecule has 1 aliphatic heterocycles. The molecule has 1 aromatic heterocycles. The Bertz CT molecular complexity index is 905. The molecular formula is C17H24N6O3S2. The zero-order valence-corrected chi connectivity index (χ0v) is 17.5. The van der Waals surface area contributed by atoms with E-state index in [1.54, 1.807) is 16.8 Å². The van der Waals surface area contributed by atoms with Crippen LogP contribution in [0.5, 0.6) is 0 Å². The number of nitrogens with one attached hydrogen (secondary N) is 1. The lowest BCUT2D eigenvalue weighted by atomic mass is 10.2. The first kappa shape index (κ1) is 20.7. The number of nitrogens with zero attached hydrogens (tertiary/aromatic N) is 5. The highest BCUT2D eigenvalue weighted by Gasteiger charge is 2.26. The van der Waals surface area contributed by atoms with Crippen molar-refractivity contribution < 1.29 is 13.2 Å². The molecule has 0 unspecified atom stereocenters. The van der Waals surface area contributed by atoms with Gasteiger partial charge in [0.15, 0.2) is 0 Å². The first-order valence-electron chi connectivity index (χ1n) is 9.15. The monoisotopic (exact) mass is 424 g/mol. The quantitative estimate of drug-likeness (QED) is 0.644. The third-order valence-electron chi connectivity index (χ3n) is 4.21. The minimum atomic E-state index is -3.45. The van der Waals surface area contributed by atoms with Gasteiger partial charge in [-0.25, -0.2) is 13.1 Å². The Labute approximate surface area is 168 Å². The van der Waals surface area contributed by atoms with Crippen molar-refractivity contribution in [2.45, 2.75) is 43.3 Å². The van der Waals surface area contributed by atoms with Gasteiger partial charge in [0.25, 0.3) is 0 Å². The van der Waals surface area contributed by atoms with Crippen LogP contribution in [-0.4, -0.2) is 57.7 Å². The van der Waals surface area contributed by atoms with Gasteiger partial charge in [0.1, 0.15) is 0 Å². The molecule has 3 rings (SSSR count). The molecule has 11 heteroatoms. The van der Waals surface area contributed by atoms with Crippen LogP contribution in [0.2, 0.25) is 0 Å². The molecule has 1 fully saturated rings. The molecule has 0 aliphatic carbocycles. The number of hydrogen-bond donors (Lipinski definition) is 1. The number of tetrazole rings is 1. The molecule has 28 heavy (non-hydrogen) atoms. The van der Waals surface area contributed by atoms with E-state index in [2.05, 4.69) is 34.7 Å². The number of thioether (sulfide) groups is 1. The van der Waals surface area contributed by atoms with Gasteiger partial charge in [-0.3, -0.25) is 4.79 Å². The Hall–Kier alpha value is -1.98. The van der Waals surface area contributed by atoms with E-state index in [4.69, 9.17) is 0 Å². The topological polar surface area (TPSA) is 110 Å². The molecule has 0 radical (unpaired) electrons. The van der Waals surface area contributed by atoms with Gasteiger partial charge in [0.05, 0.1) is 10.6 Å². The van der Waals surface area contributed by atoms with E-state index in [-0.39, 0.29) is 16.6 Å². The van der Waals surface area contributed by atoms with Crippen molar-refractivity contribution in [3.05, 3.63) is 24.3 Å². The lowest BCUT2D eigenvalue weighted by molar-refractivity contribution is -0.113. The summed E-state index contributed by atoms with van der Waals surface area (Å²) in [6, 6.07) is 6.27. The van der Waals surface area contributed by atoms with Crippen molar-refractivity contribution in [2.75, 3.05) is 24.2 Å². The molecular weight excluding hydrogens is 400 g/mol. The van der Waals surface area contributed by atoms with E-state index in [0.29, 0.717) is 36.4 Å². The molecule has 0 bridgehead atoms. The number of sulfonamides is 1. The molecule has 9 nitrogen and oxygen atoms in total. The maximum Gasteiger partial charge on any atom is 0.243 e. The molecule has 2 aromatic rings. The second-order valence-electron chi connectivity index (χ2n) is 7.01. The number of benzene rings is 1. The SMILES string of the molecule is CC(C)Cn1nnnc1SCC(=O)Nc1ccc(S(=O)(=O)N2CCCC2)cc1. The highest BCUT2D eigenvalue weighted by Crippen LogP contribution is 2.22. The van der Waals surface area contributed by atoms with E-state index >= 15 is 0 Å². The summed E-state index contributed by atoms with van der Waals surface area (Å²) in [5.41, 5.74) is 0.549. The van der Waals surface area contributed by atoms with Crippen LogP contribution in [0.1, 0.15) is 26.7 Å². The minimum Gasteiger partial charge on any atom is -0.325 e. The standard InChI is InChI=1S/C17H24N6O3S2/c1-13(2)11-23-17(19-20-21-23)27-12-16(24)18-14-5-7-15(8-6-14)28(25,26)22-9-3-4-10-22/h5-8,13H,3-4,9-12H2,1-2H3,(H,18,24). The smallest absolute Gasteiger partial charge is 0.243 e. The van der Waals surface area contributed by atoms with Crippen molar-refractivity contribution in [2.24, 2.45) is 5.92 Å². The lowest BCUT2D eigenvalue weighted by Gasteiger charge is -2.15. The van der Waals surface area contributed by atoms with Gasteiger partial charge in [0, 0.05) is 25.3 Å². The van der Waals surface area contributed by atoms with Crippen LogP contribution >= 0.6 is 11.8 Å². The second kappa shape index (κ2) is 9.01. The Morgan fingerprint density at radius 2 is 1.89 bits per heavy atom. The van der Waals surface area contributed by atoms with Gasteiger partial charge < -0.3 is 5.32 Å². The first-order valence-corrected chi connectivity index (χ1v) is 11.6. The van der Waals surface area contributed by atoms with Crippen LogP contribution in [-0.2, 0) is 21.4 Å². The number of aromatic nitrogens is 4. The van der Waals surface area contributed by atoms with Crippen molar-refractivity contribution in [1.82, 2.24) is 24.5 Å². The van der Waals surface area contributed by atoms with Crippen molar-refractivity contribution >= 4 is 33.4 Å². The zero-order valence-electron chi connectivity index (χ0n) is 15.9. The Morgan fingerprint density at radius 3 is 2.54 bits per heavy atom. The van der Waals surface area contributed by atoms with Crippen LogP contribution in [0.25, 0.3) is 0 Å². The van der Waals surface area contributed by atoms with E-state index in [0.717, 1.165) is 12.8 Å². The third kappa shape index (κ3) is 5.09. The van der Waals surface area contributed by atoms with Gasteiger partial charge >= 0.3 is 0 Å². The van der Waals surface area contributed by atoms with Crippen molar-refractivity contribution in [3.63, 3.8) is 0 Å². The van der Waals surface area contributed by atoms with E-state index < -0.39 is 10.0 Å². The summed E-state index contributed by atoms with van der Waals surface area (Å²) in [6.45, 7) is 5.94. The van der Waals surface area contributed by atoms with Gasteiger partial charge in [-0.15, -0.1) is 5.10 Å². The Morgan fingerprint density at radius 1 is 1.21 bits per heavy atom. The minimum absolute atomic E-state index is 0.159. The largest absolute Gasteiger partial charge is 0.325 e. The van der Waals surface area contributed by atoms with Crippen LogP contribution in [0.3, 0.4) is 0 Å². The highest BCUT2D eigenvalue weighted by molar-refractivity contribution is 7.99. The molecule has 1 N–H and O–H groups in total. The van der Waals surface area contributed by atoms with Gasteiger partial charge in [-0.05, 0) is 53.5 Å². The predicted octanol–water partition coefficient (Wildman–Crippen LogP) is 1.84. The highest BCUT2D eigenvalue weighted by atomic mass is 32.2. The predicted molar refractivity (Wildman–Crippen MR) is 106 cm³/mol. The Kier molecular flexibility index (Phi) is 6.68. The maximum absolute atomic E-state index is 12.5. The fourth-order valence-electron chi connectivity index (χ4n) is 2.88. The number of anilines is 1. The lowest BCUT2D eigenvalue weighted by Crippen LogP contribution is -2.27. The zero-order chi connectivity index (χ0) is 20.1. The molecule has 0 spiro atoms. The normalized spacial score (nSPS) is 15.2. The summed E-state index contributed by atoms with van der Waals surface area (Å²) < 4.78 is 28.2. The molecule has 1 aromatic carbocycles. The molecule has 1 aliphatic rings. The van der Waals surface area contributed by atoms with Crippen LogP contribution in [0, 0.1) is 5.92 Å². The number of rotatable bonds is 8. The number of carbonyl (C=O) groups excluding carboxylic acids is 1. The third-order valence-corrected chi connectivity index (χ3v) is 7.08. The molecule has 0 saturated carbocycles. The maximum atomic E-state index is 12.5. The summed E-state index contributed by atoms with van der Waals surface area (Å²) in [5.74, 6) is 0.345. The number of hydrogen-bond acceptors (Lipinski definition) is 7. The van der Waals surface area contributed by atoms with E-state index in [1.165, 1.54) is 28.2 Å². The molecule has 152 valence electrons. The molecule has 1 saturated heterocycles. The average Bonchev–Trinajstić information content (AvgIpc) is 3.32. The summed E-state index contributed by atoms with van der Waals surface area (Å²) in [6.07, 6.45) is 1.79. The van der Waals surface area contributed by atoms with Crippen molar-refractivity contribution in [1.29, 1.82) is 0 Å². The fraction of sp³-hybridized carbons (Fsp3) is 0.529. The molecule has 2 heterocycles. The average molecular weight is 425 g/mol.